The number of nitrogens with one attached hydrogen (secondary N) is 1. The first-order valence-electron chi connectivity index (χ1n) is 13.7. The summed E-state index contributed by atoms with van der Waals surface area (Å²) in [5, 5.41) is 12.4. The van der Waals surface area contributed by atoms with Crippen LogP contribution in [0.3, 0.4) is 0 Å². The van der Waals surface area contributed by atoms with E-state index in [1.807, 2.05) is 60.7 Å². The third-order valence-electron chi connectivity index (χ3n) is 6.19. The molecule has 0 fully saturated rings. The van der Waals surface area contributed by atoms with Crippen LogP contribution in [0.1, 0.15) is 43.2 Å². The number of rotatable bonds is 20. The van der Waals surface area contributed by atoms with E-state index in [0.29, 0.717) is 26.0 Å². The first kappa shape index (κ1) is 32.5. The Bertz CT molecular complexity index is 1040. The molecule has 2 unspecified atom stereocenters. The van der Waals surface area contributed by atoms with Crippen molar-refractivity contribution in [1.29, 1.82) is 0 Å². The second-order valence-corrected chi connectivity index (χ2v) is 9.52. The number of carbonyl (C=O) groups is 3. The second kappa shape index (κ2) is 19.3. The van der Waals surface area contributed by atoms with Crippen molar-refractivity contribution in [2.75, 3.05) is 26.4 Å². The topological polar surface area (TPSA) is 105 Å². The van der Waals surface area contributed by atoms with Crippen LogP contribution in [-0.4, -0.2) is 60.2 Å². The number of aliphatic hydroxyl groups is 1. The fraction of sp³-hybridized carbons (Fsp3) is 0.406. The van der Waals surface area contributed by atoms with Gasteiger partial charge in [0.15, 0.2) is 0 Å². The lowest BCUT2D eigenvalue weighted by atomic mass is 9.98. The Balaban J connectivity index is 2.03. The van der Waals surface area contributed by atoms with Crippen LogP contribution < -0.4 is 5.32 Å². The number of hydrogen-bond acceptors (Lipinski definition) is 6. The molecule has 2 N–H and O–H groups in total. The Morgan fingerprint density at radius 1 is 0.950 bits per heavy atom. The van der Waals surface area contributed by atoms with Crippen LogP contribution in [0.15, 0.2) is 86.0 Å². The van der Waals surface area contributed by atoms with Crippen molar-refractivity contribution in [1.82, 2.24) is 10.2 Å². The minimum atomic E-state index is -0.679. The first-order chi connectivity index (χ1) is 19.5. The van der Waals surface area contributed by atoms with Gasteiger partial charge in [-0.05, 0) is 30.4 Å². The van der Waals surface area contributed by atoms with E-state index in [0.717, 1.165) is 11.1 Å². The molecule has 0 saturated carbocycles. The lowest BCUT2D eigenvalue weighted by molar-refractivity contribution is -0.146. The van der Waals surface area contributed by atoms with E-state index in [1.165, 1.54) is 0 Å². The van der Waals surface area contributed by atoms with E-state index < -0.39 is 12.0 Å². The van der Waals surface area contributed by atoms with Gasteiger partial charge in [-0.1, -0.05) is 72.8 Å². The molecule has 0 aromatic heterocycles. The number of benzene rings is 2. The van der Waals surface area contributed by atoms with E-state index in [4.69, 9.17) is 9.47 Å². The third kappa shape index (κ3) is 12.9. The molecule has 216 valence electrons. The van der Waals surface area contributed by atoms with Gasteiger partial charge < -0.3 is 24.8 Å². The highest BCUT2D eigenvalue weighted by Gasteiger charge is 2.26. The van der Waals surface area contributed by atoms with Gasteiger partial charge in [-0.25, -0.2) is 0 Å². The third-order valence-corrected chi connectivity index (χ3v) is 6.19. The van der Waals surface area contributed by atoms with Gasteiger partial charge in [0, 0.05) is 25.9 Å². The van der Waals surface area contributed by atoms with Crippen LogP contribution >= 0.6 is 0 Å². The molecule has 2 rings (SSSR count). The van der Waals surface area contributed by atoms with Crippen LogP contribution in [-0.2, 0) is 37.0 Å². The van der Waals surface area contributed by atoms with Crippen molar-refractivity contribution in [3.05, 3.63) is 97.1 Å². The molecule has 0 spiro atoms. The molecular formula is C32H42N2O6. The summed E-state index contributed by atoms with van der Waals surface area (Å²) in [5.74, 6) is -1.64. The fourth-order valence-electron chi connectivity index (χ4n) is 4.04. The first-order valence-corrected chi connectivity index (χ1v) is 13.7. The molecule has 2 atom stereocenters. The van der Waals surface area contributed by atoms with Crippen molar-refractivity contribution in [2.45, 2.75) is 51.3 Å². The maximum absolute atomic E-state index is 13.3. The Labute approximate surface area is 237 Å². The van der Waals surface area contributed by atoms with E-state index in [1.54, 1.807) is 17.1 Å². The van der Waals surface area contributed by atoms with Crippen LogP contribution in [0, 0.1) is 5.92 Å². The van der Waals surface area contributed by atoms with Gasteiger partial charge in [-0.3, -0.25) is 14.4 Å². The zero-order chi connectivity index (χ0) is 29.0. The van der Waals surface area contributed by atoms with Gasteiger partial charge in [-0.15, -0.1) is 13.2 Å². The van der Waals surface area contributed by atoms with Gasteiger partial charge in [0.1, 0.15) is 6.61 Å². The molecule has 0 heterocycles. The SMILES string of the molecule is C=CCCCC(=O)OCC(COCc1ccccc1)NC(=O)C(CC=C)CC(=O)N(CCO)Cc1ccccc1. The Hall–Kier alpha value is -3.75. The number of allylic oxidation sites excluding steroid dienone is 2. The summed E-state index contributed by atoms with van der Waals surface area (Å²) in [6, 6.07) is 18.5. The molecule has 0 bridgehead atoms. The number of ether oxygens (including phenoxy) is 2. The lowest BCUT2D eigenvalue weighted by Crippen LogP contribution is -2.46. The minimum Gasteiger partial charge on any atom is -0.463 e. The van der Waals surface area contributed by atoms with E-state index in [2.05, 4.69) is 18.5 Å². The molecular weight excluding hydrogens is 508 g/mol. The van der Waals surface area contributed by atoms with Crippen LogP contribution in [0.25, 0.3) is 0 Å². The van der Waals surface area contributed by atoms with Crippen LogP contribution in [0.4, 0.5) is 0 Å². The van der Waals surface area contributed by atoms with Crippen LogP contribution in [0.5, 0.6) is 0 Å². The summed E-state index contributed by atoms with van der Waals surface area (Å²) in [6.07, 6.45) is 5.19. The molecule has 0 aliphatic carbocycles. The molecule has 0 aliphatic rings. The lowest BCUT2D eigenvalue weighted by Gasteiger charge is -2.26. The maximum Gasteiger partial charge on any atom is 0.305 e. The summed E-state index contributed by atoms with van der Waals surface area (Å²) in [5.41, 5.74) is 1.91. The van der Waals surface area contributed by atoms with Crippen molar-refractivity contribution in [3.63, 3.8) is 0 Å². The molecule has 0 radical (unpaired) electrons. The number of aliphatic hydroxyl groups excluding tert-OH is 1. The van der Waals surface area contributed by atoms with Gasteiger partial charge in [0.05, 0.1) is 31.8 Å². The van der Waals surface area contributed by atoms with E-state index in [-0.39, 0.29) is 63.4 Å². The van der Waals surface area contributed by atoms with E-state index in [9.17, 15) is 19.5 Å². The number of amides is 2. The maximum atomic E-state index is 13.3. The molecule has 0 saturated heterocycles. The summed E-state index contributed by atoms with van der Waals surface area (Å²) in [7, 11) is 0. The number of esters is 1. The fourth-order valence-corrected chi connectivity index (χ4v) is 4.04. The summed E-state index contributed by atoms with van der Waals surface area (Å²) in [6.45, 7) is 8.13. The van der Waals surface area contributed by atoms with E-state index >= 15 is 0 Å². The number of carbonyl (C=O) groups excluding carboxylic acids is 3. The van der Waals surface area contributed by atoms with Gasteiger partial charge in [0.2, 0.25) is 11.8 Å². The van der Waals surface area contributed by atoms with Crippen molar-refractivity contribution in [2.24, 2.45) is 5.92 Å². The van der Waals surface area contributed by atoms with Crippen LogP contribution in [0.2, 0.25) is 0 Å². The molecule has 2 aromatic carbocycles. The highest BCUT2D eigenvalue weighted by Crippen LogP contribution is 2.15. The molecule has 2 aromatic rings. The predicted molar refractivity (Wildman–Crippen MR) is 155 cm³/mol. The van der Waals surface area contributed by atoms with Gasteiger partial charge in [0.25, 0.3) is 0 Å². The zero-order valence-corrected chi connectivity index (χ0v) is 23.2. The molecule has 8 nitrogen and oxygen atoms in total. The monoisotopic (exact) mass is 550 g/mol. The quantitative estimate of drug-likeness (QED) is 0.146. The highest BCUT2D eigenvalue weighted by molar-refractivity contribution is 5.86. The number of nitrogens with zero attached hydrogens (tertiary/aromatic N) is 1. The van der Waals surface area contributed by atoms with Crippen molar-refractivity contribution < 1.29 is 29.0 Å². The van der Waals surface area contributed by atoms with Gasteiger partial charge in [-0.2, -0.15) is 0 Å². The Kier molecular flexibility index (Phi) is 15.7. The minimum absolute atomic E-state index is 0.0488. The average molecular weight is 551 g/mol. The Morgan fingerprint density at radius 2 is 1.62 bits per heavy atom. The molecule has 40 heavy (non-hydrogen) atoms. The summed E-state index contributed by atoms with van der Waals surface area (Å²) < 4.78 is 11.2. The average Bonchev–Trinajstić information content (AvgIpc) is 2.96. The van der Waals surface area contributed by atoms with Gasteiger partial charge >= 0.3 is 5.97 Å². The molecule has 8 heteroatoms. The summed E-state index contributed by atoms with van der Waals surface area (Å²) >= 11 is 0. The number of hydrogen-bond donors (Lipinski definition) is 2. The predicted octanol–water partition coefficient (Wildman–Crippen LogP) is 4.19. The molecule has 2 amide bonds. The largest absolute Gasteiger partial charge is 0.463 e. The molecule has 0 aliphatic heterocycles. The Morgan fingerprint density at radius 3 is 2.25 bits per heavy atom. The summed E-state index contributed by atoms with van der Waals surface area (Å²) in [4.78, 5) is 40.2. The highest BCUT2D eigenvalue weighted by atomic mass is 16.5. The normalized spacial score (nSPS) is 12.1. The van der Waals surface area contributed by atoms with Crippen molar-refractivity contribution in [3.8, 4) is 0 Å². The smallest absolute Gasteiger partial charge is 0.305 e. The standard InChI is InChI=1S/C32H42N2O6/c1-3-5-8-18-31(37)40-25-29(24-39-23-27-16-11-7-12-17-27)33-32(38)28(13-4-2)21-30(36)34(19-20-35)22-26-14-9-6-10-15-26/h3-4,6-7,9-12,14-17,28-29,35H,1-2,5,8,13,18-25H2,(H,33,38). The van der Waals surface area contributed by atoms with Crippen molar-refractivity contribution >= 4 is 17.8 Å². The second-order valence-electron chi connectivity index (χ2n) is 9.52. The number of unbranched alkanes of at least 4 members (excludes halogenated alkanes) is 1. The zero-order valence-electron chi connectivity index (χ0n) is 23.2.